The maximum absolute atomic E-state index is 12.3. The lowest BCUT2D eigenvalue weighted by Gasteiger charge is -2.28. The summed E-state index contributed by atoms with van der Waals surface area (Å²) in [5.74, 6) is 0.0525. The Kier molecular flexibility index (Phi) is 4.23. The molecule has 19 heavy (non-hydrogen) atoms. The predicted molar refractivity (Wildman–Crippen MR) is 73.7 cm³/mol. The molecule has 5 heteroatoms. The van der Waals surface area contributed by atoms with Gasteiger partial charge in [-0.2, -0.15) is 5.26 Å². The number of nitriles is 1. The smallest absolute Gasteiger partial charge is 0.212 e. The normalized spacial score (nSPS) is 18.1. The van der Waals surface area contributed by atoms with E-state index in [4.69, 9.17) is 5.26 Å². The van der Waals surface area contributed by atoms with Gasteiger partial charge >= 0.3 is 0 Å². The minimum absolute atomic E-state index is 0.00502. The topological polar surface area (TPSA) is 61.2 Å². The van der Waals surface area contributed by atoms with E-state index in [1.165, 1.54) is 4.31 Å². The van der Waals surface area contributed by atoms with Crippen molar-refractivity contribution in [1.29, 1.82) is 5.26 Å². The second kappa shape index (κ2) is 5.72. The van der Waals surface area contributed by atoms with Crippen LogP contribution in [0.5, 0.6) is 0 Å². The summed E-state index contributed by atoms with van der Waals surface area (Å²) in [7, 11) is -3.26. The standard InChI is InChI=1S/C14H18N2O2S/c1-12-3-2-4-14(9-12)11-19(17,18)16-7-5-13(10-15)6-8-16/h2-4,9,13H,5-8,11H2,1H3. The van der Waals surface area contributed by atoms with Crippen LogP contribution in [0.25, 0.3) is 0 Å². The van der Waals surface area contributed by atoms with Crippen LogP contribution in [0.2, 0.25) is 0 Å². The van der Waals surface area contributed by atoms with Gasteiger partial charge in [0.15, 0.2) is 0 Å². The highest BCUT2D eigenvalue weighted by Gasteiger charge is 2.27. The molecule has 0 N–H and O–H groups in total. The Hall–Kier alpha value is -1.38. The summed E-state index contributed by atoms with van der Waals surface area (Å²) in [5, 5.41) is 8.83. The van der Waals surface area contributed by atoms with Crippen molar-refractivity contribution < 1.29 is 8.42 Å². The minimum atomic E-state index is -3.26. The number of benzene rings is 1. The van der Waals surface area contributed by atoms with Crippen LogP contribution in [0.4, 0.5) is 0 Å². The summed E-state index contributed by atoms with van der Waals surface area (Å²) in [4.78, 5) is 0. The molecule has 0 spiro atoms. The van der Waals surface area contributed by atoms with Crippen molar-refractivity contribution in [3.05, 3.63) is 35.4 Å². The summed E-state index contributed by atoms with van der Waals surface area (Å²) in [6.07, 6.45) is 1.28. The second-order valence-electron chi connectivity index (χ2n) is 5.05. The lowest BCUT2D eigenvalue weighted by molar-refractivity contribution is 0.309. The third kappa shape index (κ3) is 3.55. The van der Waals surface area contributed by atoms with Gasteiger partial charge in [-0.25, -0.2) is 12.7 Å². The zero-order chi connectivity index (χ0) is 13.9. The van der Waals surface area contributed by atoms with Crippen LogP contribution in [0, 0.1) is 24.2 Å². The molecule has 0 bridgehead atoms. The van der Waals surface area contributed by atoms with E-state index in [9.17, 15) is 8.42 Å². The number of nitrogens with zero attached hydrogens (tertiary/aromatic N) is 2. The molecule has 1 aliphatic heterocycles. The Morgan fingerprint density at radius 1 is 1.37 bits per heavy atom. The molecule has 1 aromatic carbocycles. The number of rotatable bonds is 3. The molecule has 0 saturated carbocycles. The molecule has 1 fully saturated rings. The van der Waals surface area contributed by atoms with E-state index in [2.05, 4.69) is 6.07 Å². The maximum Gasteiger partial charge on any atom is 0.218 e. The zero-order valence-electron chi connectivity index (χ0n) is 11.0. The number of aryl methyl sites for hydroxylation is 1. The number of hydrogen-bond donors (Lipinski definition) is 0. The summed E-state index contributed by atoms with van der Waals surface area (Å²) in [5.41, 5.74) is 1.89. The van der Waals surface area contributed by atoms with Gasteiger partial charge in [0.2, 0.25) is 10.0 Å². The summed E-state index contributed by atoms with van der Waals surface area (Å²) in [6.45, 7) is 2.88. The first-order chi connectivity index (χ1) is 9.01. The molecule has 0 aromatic heterocycles. The van der Waals surface area contributed by atoms with Crippen molar-refractivity contribution in [2.45, 2.75) is 25.5 Å². The molecular formula is C14H18N2O2S. The first-order valence-corrected chi connectivity index (χ1v) is 8.05. The molecule has 1 saturated heterocycles. The lowest BCUT2D eigenvalue weighted by atomic mass is 10.0. The van der Waals surface area contributed by atoms with Gasteiger partial charge < -0.3 is 0 Å². The van der Waals surface area contributed by atoms with Gasteiger partial charge in [-0.1, -0.05) is 29.8 Å². The highest BCUT2D eigenvalue weighted by molar-refractivity contribution is 7.88. The first kappa shape index (κ1) is 14.0. The molecule has 0 atom stereocenters. The highest BCUT2D eigenvalue weighted by Crippen LogP contribution is 2.21. The van der Waals surface area contributed by atoms with Gasteiger partial charge in [0, 0.05) is 19.0 Å². The Bertz CT molecular complexity index is 582. The monoisotopic (exact) mass is 278 g/mol. The molecule has 4 nitrogen and oxygen atoms in total. The van der Waals surface area contributed by atoms with Gasteiger partial charge in [-0.05, 0) is 25.3 Å². The number of sulfonamides is 1. The van der Waals surface area contributed by atoms with Gasteiger partial charge in [0.1, 0.15) is 0 Å². The van der Waals surface area contributed by atoms with E-state index in [-0.39, 0.29) is 11.7 Å². The van der Waals surface area contributed by atoms with Crippen LogP contribution >= 0.6 is 0 Å². The summed E-state index contributed by atoms with van der Waals surface area (Å²) >= 11 is 0. The van der Waals surface area contributed by atoms with Gasteiger partial charge in [-0.15, -0.1) is 0 Å². The SMILES string of the molecule is Cc1cccc(CS(=O)(=O)N2CCC(C#N)CC2)c1. The maximum atomic E-state index is 12.3. The third-order valence-electron chi connectivity index (χ3n) is 3.46. The average molecular weight is 278 g/mol. The quantitative estimate of drug-likeness (QED) is 0.850. The molecule has 102 valence electrons. The van der Waals surface area contributed by atoms with Crippen LogP contribution in [0.1, 0.15) is 24.0 Å². The van der Waals surface area contributed by atoms with Crippen molar-refractivity contribution in [3.8, 4) is 6.07 Å². The number of piperidine rings is 1. The first-order valence-electron chi connectivity index (χ1n) is 6.44. The zero-order valence-corrected chi connectivity index (χ0v) is 11.9. The fraction of sp³-hybridized carbons (Fsp3) is 0.500. The van der Waals surface area contributed by atoms with Gasteiger partial charge in [-0.3, -0.25) is 0 Å². The third-order valence-corrected chi connectivity index (χ3v) is 5.31. The van der Waals surface area contributed by atoms with Crippen LogP contribution in [0.15, 0.2) is 24.3 Å². The van der Waals surface area contributed by atoms with Crippen molar-refractivity contribution in [1.82, 2.24) is 4.31 Å². The highest BCUT2D eigenvalue weighted by atomic mass is 32.2. The predicted octanol–water partition coefficient (Wildman–Crippen LogP) is 2.06. The Morgan fingerprint density at radius 2 is 2.05 bits per heavy atom. The molecule has 0 radical (unpaired) electrons. The fourth-order valence-corrected chi connectivity index (χ4v) is 3.92. The molecule has 0 aliphatic carbocycles. The largest absolute Gasteiger partial charge is 0.218 e. The molecule has 0 amide bonds. The lowest BCUT2D eigenvalue weighted by Crippen LogP contribution is -2.38. The molecule has 0 unspecified atom stereocenters. The van der Waals surface area contributed by atoms with Crippen LogP contribution < -0.4 is 0 Å². The van der Waals surface area contributed by atoms with Crippen LogP contribution in [-0.2, 0) is 15.8 Å². The Balaban J connectivity index is 2.05. The molecule has 1 aliphatic rings. The molecular weight excluding hydrogens is 260 g/mol. The molecule has 1 aromatic rings. The van der Waals surface area contributed by atoms with E-state index in [0.29, 0.717) is 25.9 Å². The van der Waals surface area contributed by atoms with Crippen molar-refractivity contribution >= 4 is 10.0 Å². The fourth-order valence-electron chi connectivity index (χ4n) is 2.37. The van der Waals surface area contributed by atoms with Crippen molar-refractivity contribution in [2.24, 2.45) is 5.92 Å². The van der Waals surface area contributed by atoms with E-state index in [1.54, 1.807) is 0 Å². The second-order valence-corrected chi connectivity index (χ2v) is 7.02. The van der Waals surface area contributed by atoms with E-state index >= 15 is 0 Å². The van der Waals surface area contributed by atoms with Crippen LogP contribution in [0.3, 0.4) is 0 Å². The Morgan fingerprint density at radius 3 is 2.63 bits per heavy atom. The number of hydrogen-bond acceptors (Lipinski definition) is 3. The Labute approximate surface area is 114 Å². The van der Waals surface area contributed by atoms with Crippen LogP contribution in [-0.4, -0.2) is 25.8 Å². The van der Waals surface area contributed by atoms with E-state index in [0.717, 1.165) is 11.1 Å². The minimum Gasteiger partial charge on any atom is -0.212 e. The average Bonchev–Trinajstić information content (AvgIpc) is 2.38. The van der Waals surface area contributed by atoms with E-state index in [1.807, 2.05) is 31.2 Å². The van der Waals surface area contributed by atoms with Crippen molar-refractivity contribution in [3.63, 3.8) is 0 Å². The molecule has 2 rings (SSSR count). The van der Waals surface area contributed by atoms with E-state index < -0.39 is 10.0 Å². The van der Waals surface area contributed by atoms with Gasteiger partial charge in [0.25, 0.3) is 0 Å². The van der Waals surface area contributed by atoms with Crippen molar-refractivity contribution in [2.75, 3.05) is 13.1 Å². The van der Waals surface area contributed by atoms with Gasteiger partial charge in [0.05, 0.1) is 11.8 Å². The summed E-state index contributed by atoms with van der Waals surface area (Å²) < 4.78 is 26.1. The summed E-state index contributed by atoms with van der Waals surface area (Å²) in [6, 6.07) is 9.78. The molecule has 1 heterocycles.